The molecule has 2 aliphatic heterocycles. The Morgan fingerprint density at radius 3 is 2.43 bits per heavy atom. The molecular weight excluding hydrogens is 406 g/mol. The molecule has 0 radical (unpaired) electrons. The Balaban J connectivity index is 1.49. The van der Waals surface area contributed by atoms with Gasteiger partial charge >= 0.3 is 0 Å². The summed E-state index contributed by atoms with van der Waals surface area (Å²) in [7, 11) is -1.79. The summed E-state index contributed by atoms with van der Waals surface area (Å²) in [5, 5.41) is 15.0. The maximum absolute atomic E-state index is 13.0. The summed E-state index contributed by atoms with van der Waals surface area (Å²) in [5.74, 6) is 0. The number of nitro benzene ring substituents is 1. The van der Waals surface area contributed by atoms with Crippen molar-refractivity contribution >= 4 is 21.4 Å². The zero-order valence-electron chi connectivity index (χ0n) is 17.5. The number of nitrogens with zero attached hydrogens (tertiary/aromatic N) is 4. The Morgan fingerprint density at radius 2 is 1.77 bits per heavy atom. The number of nitro groups is 1. The summed E-state index contributed by atoms with van der Waals surface area (Å²) < 4.78 is 27.4. The summed E-state index contributed by atoms with van der Waals surface area (Å²) in [6.07, 6.45) is 5.99. The fourth-order valence-corrected chi connectivity index (χ4v) is 6.29. The van der Waals surface area contributed by atoms with Crippen molar-refractivity contribution in [3.63, 3.8) is 0 Å². The number of anilines is 1. The molecule has 166 valence electrons. The predicted molar refractivity (Wildman–Crippen MR) is 115 cm³/mol. The molecule has 0 spiro atoms. The minimum Gasteiger partial charge on any atom is -0.375 e. The molecular formula is C20H31N5O4S. The number of likely N-dealkylation sites (N-methyl/N-ethyl adjacent to an activating group) is 1. The van der Waals surface area contributed by atoms with Crippen molar-refractivity contribution in [3.05, 3.63) is 28.3 Å². The molecule has 9 nitrogen and oxygen atoms in total. The third-order valence-electron chi connectivity index (χ3n) is 6.69. The van der Waals surface area contributed by atoms with Crippen LogP contribution in [0, 0.1) is 10.1 Å². The SMILES string of the molecule is CN1CCN(S(=O)(=O)c2ccc(NC3CCN(C4CCCC4)C3)c([N+](=O)[O-])c2)CC1. The fraction of sp³-hybridized carbons (Fsp3) is 0.700. The van der Waals surface area contributed by atoms with E-state index in [1.54, 1.807) is 6.07 Å². The molecule has 1 unspecified atom stereocenters. The highest BCUT2D eigenvalue weighted by molar-refractivity contribution is 7.89. The van der Waals surface area contributed by atoms with Crippen molar-refractivity contribution in [2.75, 3.05) is 51.6 Å². The third kappa shape index (κ3) is 4.46. The van der Waals surface area contributed by atoms with Gasteiger partial charge in [-0.25, -0.2) is 8.42 Å². The lowest BCUT2D eigenvalue weighted by molar-refractivity contribution is -0.384. The standard InChI is InChI=1S/C20H31N5O4S/c1-22-10-12-24(13-11-22)30(28,29)18-6-7-19(20(14-18)25(26)27)21-16-8-9-23(15-16)17-4-2-3-5-17/h6-7,14,16-17,21H,2-5,8-13,15H2,1H3. The van der Waals surface area contributed by atoms with Crippen molar-refractivity contribution in [2.45, 2.75) is 49.1 Å². The Kier molecular flexibility index (Phi) is 6.29. The number of benzene rings is 1. The van der Waals surface area contributed by atoms with Gasteiger partial charge in [0.25, 0.3) is 5.69 Å². The molecule has 30 heavy (non-hydrogen) atoms. The van der Waals surface area contributed by atoms with E-state index in [0.29, 0.717) is 37.9 Å². The monoisotopic (exact) mass is 437 g/mol. The molecule has 1 atom stereocenters. The van der Waals surface area contributed by atoms with E-state index in [1.165, 1.54) is 42.1 Å². The van der Waals surface area contributed by atoms with Gasteiger partial charge in [-0.2, -0.15) is 4.31 Å². The van der Waals surface area contributed by atoms with Gasteiger partial charge in [-0.1, -0.05) is 12.8 Å². The van der Waals surface area contributed by atoms with Crippen molar-refractivity contribution in [1.29, 1.82) is 0 Å². The molecule has 1 aliphatic carbocycles. The van der Waals surface area contributed by atoms with Crippen molar-refractivity contribution in [2.24, 2.45) is 0 Å². The quantitative estimate of drug-likeness (QED) is 0.536. The predicted octanol–water partition coefficient (Wildman–Crippen LogP) is 1.96. The number of piperazine rings is 1. The third-order valence-corrected chi connectivity index (χ3v) is 8.58. The van der Waals surface area contributed by atoms with E-state index in [4.69, 9.17) is 0 Å². The van der Waals surface area contributed by atoms with E-state index >= 15 is 0 Å². The van der Waals surface area contributed by atoms with Gasteiger partial charge in [-0.3, -0.25) is 15.0 Å². The number of hydrogen-bond acceptors (Lipinski definition) is 7. The zero-order chi connectivity index (χ0) is 21.3. The molecule has 0 bridgehead atoms. The van der Waals surface area contributed by atoms with Gasteiger partial charge in [0.2, 0.25) is 10.0 Å². The summed E-state index contributed by atoms with van der Waals surface area (Å²) in [4.78, 5) is 15.8. The number of rotatable bonds is 6. The second-order valence-corrected chi connectivity index (χ2v) is 10.6. The maximum atomic E-state index is 13.0. The number of hydrogen-bond donors (Lipinski definition) is 1. The first kappa shape index (κ1) is 21.5. The van der Waals surface area contributed by atoms with E-state index in [0.717, 1.165) is 19.5 Å². The molecule has 1 aromatic rings. The molecule has 2 heterocycles. The van der Waals surface area contributed by atoms with Crippen LogP contribution >= 0.6 is 0 Å². The Morgan fingerprint density at radius 1 is 1.07 bits per heavy atom. The first-order valence-corrected chi connectivity index (χ1v) is 12.3. The van der Waals surface area contributed by atoms with Crippen molar-refractivity contribution < 1.29 is 13.3 Å². The fourth-order valence-electron chi connectivity index (χ4n) is 4.85. The summed E-state index contributed by atoms with van der Waals surface area (Å²) in [6.45, 7) is 3.98. The lowest BCUT2D eigenvalue weighted by Gasteiger charge is -2.31. The minimum atomic E-state index is -3.74. The van der Waals surface area contributed by atoms with E-state index < -0.39 is 14.9 Å². The maximum Gasteiger partial charge on any atom is 0.293 e. The van der Waals surface area contributed by atoms with E-state index in [2.05, 4.69) is 15.1 Å². The lowest BCUT2D eigenvalue weighted by atomic mass is 10.2. The highest BCUT2D eigenvalue weighted by Crippen LogP contribution is 2.32. The second kappa shape index (κ2) is 8.78. The average Bonchev–Trinajstić information content (AvgIpc) is 3.40. The largest absolute Gasteiger partial charge is 0.375 e. The van der Waals surface area contributed by atoms with Gasteiger partial charge in [-0.15, -0.1) is 0 Å². The van der Waals surface area contributed by atoms with E-state index in [1.807, 2.05) is 7.05 Å². The van der Waals surface area contributed by atoms with Gasteiger partial charge in [0, 0.05) is 57.4 Å². The van der Waals surface area contributed by atoms with Crippen LogP contribution in [-0.4, -0.2) is 85.8 Å². The van der Waals surface area contributed by atoms with Gasteiger partial charge in [0.15, 0.2) is 0 Å². The highest BCUT2D eigenvalue weighted by Gasteiger charge is 2.32. The van der Waals surface area contributed by atoms with Crippen LogP contribution in [0.25, 0.3) is 0 Å². The second-order valence-electron chi connectivity index (χ2n) is 8.71. The van der Waals surface area contributed by atoms with Crippen LogP contribution in [0.5, 0.6) is 0 Å². The van der Waals surface area contributed by atoms with Crippen molar-refractivity contribution in [3.8, 4) is 0 Å². The Bertz CT molecular complexity index is 879. The molecule has 0 aromatic heterocycles. The first-order chi connectivity index (χ1) is 14.3. The number of sulfonamides is 1. The van der Waals surface area contributed by atoms with Gasteiger partial charge < -0.3 is 10.2 Å². The zero-order valence-corrected chi connectivity index (χ0v) is 18.3. The number of nitrogens with one attached hydrogen (secondary N) is 1. The minimum absolute atomic E-state index is 0.0108. The van der Waals surface area contributed by atoms with Crippen LogP contribution in [0.15, 0.2) is 23.1 Å². The van der Waals surface area contributed by atoms with E-state index in [9.17, 15) is 18.5 Å². The molecule has 0 amide bonds. The first-order valence-electron chi connectivity index (χ1n) is 10.8. The van der Waals surface area contributed by atoms with Crippen LogP contribution in [0.2, 0.25) is 0 Å². The molecule has 3 fully saturated rings. The van der Waals surface area contributed by atoms with Crippen LogP contribution < -0.4 is 5.32 Å². The van der Waals surface area contributed by atoms with Crippen LogP contribution in [0.4, 0.5) is 11.4 Å². The topological polar surface area (TPSA) is 99.0 Å². The molecule has 1 aromatic carbocycles. The summed E-state index contributed by atoms with van der Waals surface area (Å²) >= 11 is 0. The summed E-state index contributed by atoms with van der Waals surface area (Å²) in [6, 6.07) is 5.04. The summed E-state index contributed by atoms with van der Waals surface area (Å²) in [5.41, 5.74) is 0.222. The smallest absolute Gasteiger partial charge is 0.293 e. The lowest BCUT2D eigenvalue weighted by Crippen LogP contribution is -2.47. The normalized spacial score (nSPS) is 25.0. The molecule has 4 rings (SSSR count). The Hall–Kier alpha value is -1.75. The average molecular weight is 438 g/mol. The molecule has 1 N–H and O–H groups in total. The van der Waals surface area contributed by atoms with Gasteiger partial charge in [-0.05, 0) is 38.4 Å². The van der Waals surface area contributed by atoms with Crippen molar-refractivity contribution in [1.82, 2.24) is 14.1 Å². The van der Waals surface area contributed by atoms with Crippen LogP contribution in [0.3, 0.4) is 0 Å². The molecule has 1 saturated carbocycles. The van der Waals surface area contributed by atoms with Gasteiger partial charge in [0.1, 0.15) is 5.69 Å². The van der Waals surface area contributed by atoms with E-state index in [-0.39, 0.29) is 16.6 Å². The highest BCUT2D eigenvalue weighted by atomic mass is 32.2. The van der Waals surface area contributed by atoms with Gasteiger partial charge in [0.05, 0.1) is 9.82 Å². The number of likely N-dealkylation sites (tertiary alicyclic amines) is 1. The molecule has 3 aliphatic rings. The molecule has 2 saturated heterocycles. The molecule has 10 heteroatoms. The van der Waals surface area contributed by atoms with Crippen LogP contribution in [-0.2, 0) is 10.0 Å². The Labute approximate surface area is 178 Å². The van der Waals surface area contributed by atoms with Crippen LogP contribution in [0.1, 0.15) is 32.1 Å².